The van der Waals surface area contributed by atoms with Crippen LogP contribution < -0.4 is 5.32 Å². The highest BCUT2D eigenvalue weighted by atomic mass is 19.4. The number of hydrogen-bond acceptors (Lipinski definition) is 2. The van der Waals surface area contributed by atoms with Crippen molar-refractivity contribution < 1.29 is 23.1 Å². The molecule has 0 aromatic carbocycles. The van der Waals surface area contributed by atoms with E-state index < -0.39 is 18.1 Å². The summed E-state index contributed by atoms with van der Waals surface area (Å²) in [5, 5.41) is 11.4. The van der Waals surface area contributed by atoms with Crippen molar-refractivity contribution in [2.24, 2.45) is 5.92 Å². The van der Waals surface area contributed by atoms with Gasteiger partial charge in [-0.15, -0.1) is 0 Å². The van der Waals surface area contributed by atoms with Gasteiger partial charge in [0.15, 0.2) is 5.92 Å². The lowest BCUT2D eigenvalue weighted by molar-refractivity contribution is -0.196. The molecule has 1 aliphatic heterocycles. The number of nitrogens with one attached hydrogen (secondary N) is 1. The van der Waals surface area contributed by atoms with Crippen LogP contribution in [0.5, 0.6) is 0 Å². The van der Waals surface area contributed by atoms with E-state index in [1.54, 1.807) is 0 Å². The first-order chi connectivity index (χ1) is 6.91. The van der Waals surface area contributed by atoms with Gasteiger partial charge in [-0.2, -0.15) is 13.2 Å². The summed E-state index contributed by atoms with van der Waals surface area (Å²) in [6.45, 7) is 0.675. The van der Waals surface area contributed by atoms with Crippen molar-refractivity contribution in [2.45, 2.75) is 37.9 Å². The fourth-order valence-electron chi connectivity index (χ4n) is 1.78. The summed E-state index contributed by atoms with van der Waals surface area (Å²) in [4.78, 5) is 10.5. The molecule has 15 heavy (non-hydrogen) atoms. The second-order valence-corrected chi connectivity index (χ2v) is 3.81. The van der Waals surface area contributed by atoms with Crippen LogP contribution in [0.4, 0.5) is 13.2 Å². The van der Waals surface area contributed by atoms with E-state index in [1.165, 1.54) is 0 Å². The van der Waals surface area contributed by atoms with Crippen LogP contribution in [-0.4, -0.2) is 29.8 Å². The Kier molecular flexibility index (Phi) is 3.96. The lowest BCUT2D eigenvalue weighted by Gasteiger charge is -2.26. The minimum atomic E-state index is -4.65. The summed E-state index contributed by atoms with van der Waals surface area (Å²) in [6, 6.07) is -0.318. The van der Waals surface area contributed by atoms with Gasteiger partial charge >= 0.3 is 12.1 Å². The molecule has 6 heteroatoms. The number of carboxylic acid groups (broad SMARTS) is 1. The van der Waals surface area contributed by atoms with Crippen molar-refractivity contribution in [3.8, 4) is 0 Å². The third-order valence-corrected chi connectivity index (χ3v) is 2.63. The molecule has 0 saturated carbocycles. The molecule has 0 aromatic rings. The molecule has 1 saturated heterocycles. The number of carbonyl (C=O) groups is 1. The van der Waals surface area contributed by atoms with Crippen LogP contribution in [-0.2, 0) is 4.79 Å². The van der Waals surface area contributed by atoms with E-state index >= 15 is 0 Å². The summed E-state index contributed by atoms with van der Waals surface area (Å²) < 4.78 is 37.0. The van der Waals surface area contributed by atoms with Crippen LogP contribution in [0.25, 0.3) is 0 Å². The number of halogens is 3. The third-order valence-electron chi connectivity index (χ3n) is 2.63. The van der Waals surface area contributed by atoms with Gasteiger partial charge in [-0.1, -0.05) is 6.42 Å². The molecule has 3 nitrogen and oxygen atoms in total. The summed E-state index contributed by atoms with van der Waals surface area (Å²) >= 11 is 0. The van der Waals surface area contributed by atoms with Gasteiger partial charge in [-0.05, 0) is 25.8 Å². The lowest BCUT2D eigenvalue weighted by Crippen LogP contribution is -2.41. The van der Waals surface area contributed by atoms with E-state index in [1.807, 2.05) is 0 Å². The third kappa shape index (κ3) is 3.70. The van der Waals surface area contributed by atoms with Crippen LogP contribution in [0.2, 0.25) is 0 Å². The molecule has 0 amide bonds. The maximum atomic E-state index is 12.3. The van der Waals surface area contributed by atoms with Gasteiger partial charge in [0.05, 0.1) is 0 Å². The molecule has 0 radical (unpaired) electrons. The number of carboxylic acids is 1. The van der Waals surface area contributed by atoms with Gasteiger partial charge in [-0.25, -0.2) is 0 Å². The number of hydrogen-bond donors (Lipinski definition) is 2. The minimum absolute atomic E-state index is 0.318. The Morgan fingerprint density at radius 2 is 2.13 bits per heavy atom. The summed E-state index contributed by atoms with van der Waals surface area (Å²) in [6.07, 6.45) is -2.58. The molecule has 88 valence electrons. The smallest absolute Gasteiger partial charge is 0.402 e. The van der Waals surface area contributed by atoms with Gasteiger partial charge in [-0.3, -0.25) is 4.79 Å². The molecule has 0 bridgehead atoms. The first-order valence-electron chi connectivity index (χ1n) is 4.94. The van der Waals surface area contributed by atoms with Crippen molar-refractivity contribution in [3.05, 3.63) is 0 Å². The van der Waals surface area contributed by atoms with Crippen LogP contribution in [0.3, 0.4) is 0 Å². The van der Waals surface area contributed by atoms with Gasteiger partial charge in [0, 0.05) is 6.04 Å². The molecule has 2 N–H and O–H groups in total. The Balaban J connectivity index is 2.54. The monoisotopic (exact) mass is 225 g/mol. The van der Waals surface area contributed by atoms with E-state index in [-0.39, 0.29) is 12.5 Å². The van der Waals surface area contributed by atoms with Gasteiger partial charge < -0.3 is 10.4 Å². The molecule has 1 rings (SSSR count). The van der Waals surface area contributed by atoms with Crippen molar-refractivity contribution in [2.75, 3.05) is 6.54 Å². The molecule has 0 spiro atoms. The standard InChI is InChI=1S/C9H14F3NO2/c10-9(11,12)7(8(14)15)5-6-3-1-2-4-13-6/h6-7,13H,1-5H2,(H,14,15)/t6-,7-/m1/s1. The maximum Gasteiger partial charge on any atom is 0.402 e. The van der Waals surface area contributed by atoms with Crippen molar-refractivity contribution >= 4 is 5.97 Å². The number of rotatable bonds is 3. The molecule has 1 aliphatic rings. The summed E-state index contributed by atoms with van der Waals surface area (Å²) in [5.41, 5.74) is 0. The SMILES string of the molecule is O=C(O)[C@@H](C[C@H]1CCCCN1)C(F)(F)F. The van der Waals surface area contributed by atoms with E-state index in [4.69, 9.17) is 5.11 Å². The average molecular weight is 225 g/mol. The van der Waals surface area contributed by atoms with Crippen LogP contribution >= 0.6 is 0 Å². The quantitative estimate of drug-likeness (QED) is 0.769. The maximum absolute atomic E-state index is 12.3. The van der Waals surface area contributed by atoms with Gasteiger partial charge in [0.25, 0.3) is 0 Å². The van der Waals surface area contributed by atoms with Crippen molar-refractivity contribution in [1.82, 2.24) is 5.32 Å². The highest BCUT2D eigenvalue weighted by Gasteiger charge is 2.46. The van der Waals surface area contributed by atoms with E-state index in [2.05, 4.69) is 5.32 Å². The zero-order valence-electron chi connectivity index (χ0n) is 8.18. The van der Waals surface area contributed by atoms with Crippen molar-refractivity contribution in [1.29, 1.82) is 0 Å². The van der Waals surface area contributed by atoms with Crippen LogP contribution in [0.15, 0.2) is 0 Å². The fraction of sp³-hybridized carbons (Fsp3) is 0.889. The Morgan fingerprint density at radius 3 is 2.53 bits per heavy atom. The molecular formula is C9H14F3NO2. The average Bonchev–Trinajstić information content (AvgIpc) is 2.13. The molecular weight excluding hydrogens is 211 g/mol. The predicted molar refractivity (Wildman–Crippen MR) is 47.4 cm³/mol. The van der Waals surface area contributed by atoms with Crippen molar-refractivity contribution in [3.63, 3.8) is 0 Å². The van der Waals surface area contributed by atoms with E-state index in [9.17, 15) is 18.0 Å². The molecule has 0 aliphatic carbocycles. The van der Waals surface area contributed by atoms with Crippen LogP contribution in [0, 0.1) is 5.92 Å². The minimum Gasteiger partial charge on any atom is -0.481 e. The Bertz CT molecular complexity index is 224. The zero-order chi connectivity index (χ0) is 11.5. The Morgan fingerprint density at radius 1 is 1.47 bits per heavy atom. The highest BCUT2D eigenvalue weighted by molar-refractivity contribution is 5.71. The number of alkyl halides is 3. The number of aliphatic carboxylic acids is 1. The van der Waals surface area contributed by atoms with Crippen LogP contribution in [0.1, 0.15) is 25.7 Å². The van der Waals surface area contributed by atoms with Gasteiger partial charge in [0.2, 0.25) is 0 Å². The van der Waals surface area contributed by atoms with E-state index in [0.717, 1.165) is 12.8 Å². The second kappa shape index (κ2) is 4.83. The molecule has 0 unspecified atom stereocenters. The highest BCUT2D eigenvalue weighted by Crippen LogP contribution is 2.31. The Hall–Kier alpha value is -0.780. The van der Waals surface area contributed by atoms with Gasteiger partial charge in [0.1, 0.15) is 0 Å². The zero-order valence-corrected chi connectivity index (χ0v) is 8.18. The first kappa shape index (κ1) is 12.3. The largest absolute Gasteiger partial charge is 0.481 e. The Labute approximate surface area is 85.7 Å². The fourth-order valence-corrected chi connectivity index (χ4v) is 1.78. The molecule has 1 heterocycles. The summed E-state index contributed by atoms with van der Waals surface area (Å²) in [7, 11) is 0. The predicted octanol–water partition coefficient (Wildman–Crippen LogP) is 1.78. The molecule has 0 aromatic heterocycles. The lowest BCUT2D eigenvalue weighted by atomic mass is 9.93. The molecule has 1 fully saturated rings. The summed E-state index contributed by atoms with van der Waals surface area (Å²) in [5.74, 6) is -4.03. The van der Waals surface area contributed by atoms with E-state index in [0.29, 0.717) is 13.0 Å². The first-order valence-corrected chi connectivity index (χ1v) is 4.94. The molecule has 2 atom stereocenters. The number of piperidine rings is 1. The second-order valence-electron chi connectivity index (χ2n) is 3.81. The topological polar surface area (TPSA) is 49.3 Å². The normalized spacial score (nSPS) is 24.9.